The summed E-state index contributed by atoms with van der Waals surface area (Å²) in [5, 5.41) is 0. The maximum Gasteiger partial charge on any atom is 0.0433 e. The van der Waals surface area contributed by atoms with Crippen LogP contribution in [0.4, 0.5) is 0 Å². The second kappa shape index (κ2) is 24.8. The van der Waals surface area contributed by atoms with Crippen molar-refractivity contribution in [1.29, 1.82) is 0 Å². The molecule has 0 aromatic rings. The molecular weight excluding hydrogens is 120 g/mol. The summed E-state index contributed by atoms with van der Waals surface area (Å²) in [6.07, 6.45) is 0. The predicted octanol–water partition coefficient (Wildman–Crippen LogP) is 0.481. The SMILES string of the molecule is CCOC.CCOC.O. The number of methoxy groups -OCH3 is 2. The first kappa shape index (κ1) is 15.9. The molecule has 0 saturated heterocycles. The standard InChI is InChI=1S/2C3H8O.H2O/c2*1-3-4-2;/h2*3H2,1-2H3;1H2. The fraction of sp³-hybridized carbons (Fsp3) is 1.00. The normalized spacial score (nSPS) is 6.67. The van der Waals surface area contributed by atoms with Crippen LogP contribution in [0.5, 0.6) is 0 Å². The van der Waals surface area contributed by atoms with E-state index in [-0.39, 0.29) is 5.48 Å². The molecule has 0 aromatic carbocycles. The van der Waals surface area contributed by atoms with Gasteiger partial charge in [0.1, 0.15) is 0 Å². The lowest BCUT2D eigenvalue weighted by molar-refractivity contribution is 0.215. The molecule has 0 bridgehead atoms. The molecule has 2 N–H and O–H groups in total. The third kappa shape index (κ3) is 77.1. The van der Waals surface area contributed by atoms with Gasteiger partial charge < -0.3 is 14.9 Å². The molecule has 9 heavy (non-hydrogen) atoms. The van der Waals surface area contributed by atoms with E-state index < -0.39 is 0 Å². The molecule has 0 atom stereocenters. The van der Waals surface area contributed by atoms with Crippen LogP contribution < -0.4 is 0 Å². The third-order valence-electron chi connectivity index (χ3n) is 0.577. The monoisotopic (exact) mass is 138 g/mol. The zero-order valence-corrected chi connectivity index (χ0v) is 6.73. The maximum absolute atomic E-state index is 4.54. The summed E-state index contributed by atoms with van der Waals surface area (Å²) in [7, 11) is 3.36. The molecule has 0 fully saturated rings. The van der Waals surface area contributed by atoms with Crippen LogP contribution in [-0.2, 0) is 9.47 Å². The van der Waals surface area contributed by atoms with Gasteiger partial charge in [-0.15, -0.1) is 0 Å². The first-order valence-electron chi connectivity index (χ1n) is 2.81. The van der Waals surface area contributed by atoms with Gasteiger partial charge in [-0.3, -0.25) is 0 Å². The topological polar surface area (TPSA) is 50.0 Å². The molecule has 0 spiro atoms. The zero-order chi connectivity index (χ0) is 6.83. The van der Waals surface area contributed by atoms with E-state index in [0.29, 0.717) is 0 Å². The highest BCUT2D eigenvalue weighted by Crippen LogP contribution is 1.52. The van der Waals surface area contributed by atoms with Crippen molar-refractivity contribution in [3.8, 4) is 0 Å². The molecule has 3 nitrogen and oxygen atoms in total. The van der Waals surface area contributed by atoms with Crippen molar-refractivity contribution in [2.24, 2.45) is 0 Å². The Morgan fingerprint density at radius 3 is 1.00 bits per heavy atom. The molecule has 0 amide bonds. The van der Waals surface area contributed by atoms with Crippen molar-refractivity contribution in [2.45, 2.75) is 13.8 Å². The van der Waals surface area contributed by atoms with Crippen LogP contribution in [0.2, 0.25) is 0 Å². The van der Waals surface area contributed by atoms with Crippen LogP contribution in [0, 0.1) is 0 Å². The molecule has 0 saturated carbocycles. The molecule has 0 aromatic heterocycles. The highest BCUT2D eigenvalue weighted by molar-refractivity contribution is 3.95. The lowest BCUT2D eigenvalue weighted by Gasteiger charge is -1.76. The maximum atomic E-state index is 4.54. The second-order valence-electron chi connectivity index (χ2n) is 1.15. The summed E-state index contributed by atoms with van der Waals surface area (Å²) in [4.78, 5) is 0. The summed E-state index contributed by atoms with van der Waals surface area (Å²) >= 11 is 0. The number of hydrogen-bond donors (Lipinski definition) is 0. The lowest BCUT2D eigenvalue weighted by Crippen LogP contribution is -1.73. The summed E-state index contributed by atoms with van der Waals surface area (Å²) in [6, 6.07) is 0. The van der Waals surface area contributed by atoms with Gasteiger partial charge >= 0.3 is 0 Å². The van der Waals surface area contributed by atoms with Gasteiger partial charge in [-0.25, -0.2) is 0 Å². The van der Waals surface area contributed by atoms with Crippen LogP contribution in [0.3, 0.4) is 0 Å². The Labute approximate surface area is 57.3 Å². The molecule has 0 heterocycles. The van der Waals surface area contributed by atoms with E-state index >= 15 is 0 Å². The number of hydrogen-bond acceptors (Lipinski definition) is 2. The van der Waals surface area contributed by atoms with Gasteiger partial charge in [0.25, 0.3) is 0 Å². The molecule has 0 unspecified atom stereocenters. The molecule has 3 heteroatoms. The molecule has 0 rings (SSSR count). The minimum atomic E-state index is 0. The van der Waals surface area contributed by atoms with Crippen molar-refractivity contribution >= 4 is 0 Å². The van der Waals surface area contributed by atoms with E-state index in [0.717, 1.165) is 13.2 Å². The first-order valence-corrected chi connectivity index (χ1v) is 2.81. The summed E-state index contributed by atoms with van der Waals surface area (Å²) in [6.45, 7) is 5.56. The highest BCUT2D eigenvalue weighted by Gasteiger charge is 1.51. The Bertz CT molecular complexity index is 16.3. The quantitative estimate of drug-likeness (QED) is 0.557. The van der Waals surface area contributed by atoms with Gasteiger partial charge in [0.2, 0.25) is 0 Å². The Kier molecular flexibility index (Phi) is 43.9. The van der Waals surface area contributed by atoms with Crippen LogP contribution in [-0.4, -0.2) is 32.9 Å². The van der Waals surface area contributed by atoms with E-state index in [4.69, 9.17) is 0 Å². The van der Waals surface area contributed by atoms with E-state index in [1.165, 1.54) is 0 Å². The Balaban J connectivity index is -0.0000000720. The summed E-state index contributed by atoms with van der Waals surface area (Å²) in [5.41, 5.74) is 0. The van der Waals surface area contributed by atoms with E-state index in [1.807, 2.05) is 13.8 Å². The van der Waals surface area contributed by atoms with Crippen LogP contribution in [0.1, 0.15) is 13.8 Å². The second-order valence-corrected chi connectivity index (χ2v) is 1.15. The molecule has 0 aliphatic carbocycles. The van der Waals surface area contributed by atoms with Crippen LogP contribution in [0.25, 0.3) is 0 Å². The van der Waals surface area contributed by atoms with E-state index in [1.54, 1.807) is 14.2 Å². The molecule has 0 radical (unpaired) electrons. The predicted molar refractivity (Wildman–Crippen MR) is 38.7 cm³/mol. The van der Waals surface area contributed by atoms with Gasteiger partial charge in [0.15, 0.2) is 0 Å². The van der Waals surface area contributed by atoms with Crippen LogP contribution in [0.15, 0.2) is 0 Å². The van der Waals surface area contributed by atoms with Crippen molar-refractivity contribution in [2.75, 3.05) is 27.4 Å². The fourth-order valence-electron chi connectivity index (χ4n) is 0. The zero-order valence-electron chi connectivity index (χ0n) is 6.73. The first-order chi connectivity index (χ1) is 3.83. The van der Waals surface area contributed by atoms with E-state index in [9.17, 15) is 0 Å². The Hall–Kier alpha value is -0.120. The number of ether oxygens (including phenoxy) is 2. The van der Waals surface area contributed by atoms with Gasteiger partial charge in [-0.2, -0.15) is 0 Å². The Morgan fingerprint density at radius 2 is 1.00 bits per heavy atom. The van der Waals surface area contributed by atoms with Gasteiger partial charge in [-0.1, -0.05) is 0 Å². The van der Waals surface area contributed by atoms with Crippen molar-refractivity contribution < 1.29 is 14.9 Å². The minimum absolute atomic E-state index is 0. The fourth-order valence-corrected chi connectivity index (χ4v) is 0. The smallest absolute Gasteiger partial charge is 0.0433 e. The van der Waals surface area contributed by atoms with Gasteiger partial charge in [0.05, 0.1) is 0 Å². The average Bonchev–Trinajstić information content (AvgIpc) is 1.88. The molecular formula is C6H18O3. The molecule has 0 aliphatic heterocycles. The van der Waals surface area contributed by atoms with Crippen molar-refractivity contribution in [1.82, 2.24) is 0 Å². The highest BCUT2D eigenvalue weighted by atomic mass is 16.5. The Morgan fingerprint density at radius 1 is 0.889 bits per heavy atom. The van der Waals surface area contributed by atoms with Gasteiger partial charge in [-0.05, 0) is 13.8 Å². The minimum Gasteiger partial charge on any atom is -0.412 e. The van der Waals surface area contributed by atoms with Gasteiger partial charge in [0, 0.05) is 27.4 Å². The van der Waals surface area contributed by atoms with E-state index in [2.05, 4.69) is 9.47 Å². The lowest BCUT2D eigenvalue weighted by atomic mass is 10.9. The number of rotatable bonds is 2. The molecule has 60 valence electrons. The largest absolute Gasteiger partial charge is 0.412 e. The third-order valence-corrected chi connectivity index (χ3v) is 0.577. The molecule has 0 aliphatic rings. The average molecular weight is 138 g/mol. The summed E-state index contributed by atoms with van der Waals surface area (Å²) < 4.78 is 9.08. The van der Waals surface area contributed by atoms with Crippen molar-refractivity contribution in [3.63, 3.8) is 0 Å². The van der Waals surface area contributed by atoms with Crippen molar-refractivity contribution in [3.05, 3.63) is 0 Å². The van der Waals surface area contributed by atoms with Crippen LogP contribution >= 0.6 is 0 Å². The summed E-state index contributed by atoms with van der Waals surface area (Å²) in [5.74, 6) is 0.